The average molecular weight is 293 g/mol. The lowest BCUT2D eigenvalue weighted by Gasteiger charge is -2.10. The van der Waals surface area contributed by atoms with Crippen LogP contribution in [0.2, 0.25) is 10.0 Å². The number of ether oxygens (including phenoxy) is 1. The van der Waals surface area contributed by atoms with Crippen LogP contribution >= 0.6 is 23.2 Å². The van der Waals surface area contributed by atoms with Crippen molar-refractivity contribution in [1.29, 1.82) is 5.26 Å². The lowest BCUT2D eigenvalue weighted by Crippen LogP contribution is -1.94. The van der Waals surface area contributed by atoms with Crippen molar-refractivity contribution in [3.8, 4) is 17.6 Å². The Morgan fingerprint density at radius 1 is 1.16 bits per heavy atom. The van der Waals surface area contributed by atoms with E-state index in [0.29, 0.717) is 27.2 Å². The van der Waals surface area contributed by atoms with Gasteiger partial charge in [0, 0.05) is 10.7 Å². The fourth-order valence-electron chi connectivity index (χ4n) is 1.57. The Hall–Kier alpha value is -1.89. The van der Waals surface area contributed by atoms with Gasteiger partial charge in [-0.25, -0.2) is 0 Å². The normalized spacial score (nSPS) is 9.95. The fourth-order valence-corrected chi connectivity index (χ4v) is 2.02. The molecule has 0 aliphatic heterocycles. The topological polar surface area (TPSA) is 59.0 Å². The van der Waals surface area contributed by atoms with Gasteiger partial charge in [0.15, 0.2) is 0 Å². The Balaban J connectivity index is 2.28. The molecule has 0 radical (unpaired) electrons. The molecule has 2 rings (SSSR count). The summed E-state index contributed by atoms with van der Waals surface area (Å²) in [5.74, 6) is 1.07. The molecule has 96 valence electrons. The van der Waals surface area contributed by atoms with Crippen molar-refractivity contribution in [2.24, 2.45) is 0 Å². The predicted molar refractivity (Wildman–Crippen MR) is 76.7 cm³/mol. The Morgan fingerprint density at radius 3 is 2.63 bits per heavy atom. The van der Waals surface area contributed by atoms with Gasteiger partial charge in [0.05, 0.1) is 17.5 Å². The minimum absolute atomic E-state index is 0.234. The van der Waals surface area contributed by atoms with E-state index in [0.717, 1.165) is 5.56 Å². The van der Waals surface area contributed by atoms with Crippen molar-refractivity contribution in [3.63, 3.8) is 0 Å². The van der Waals surface area contributed by atoms with E-state index in [1.54, 1.807) is 36.4 Å². The summed E-state index contributed by atoms with van der Waals surface area (Å²) in [6.07, 6.45) is 0.234. The number of hydrogen-bond acceptors (Lipinski definition) is 3. The van der Waals surface area contributed by atoms with E-state index in [1.807, 2.05) is 0 Å². The first kappa shape index (κ1) is 13.5. The summed E-state index contributed by atoms with van der Waals surface area (Å²) in [6.45, 7) is 0. The van der Waals surface area contributed by atoms with Crippen molar-refractivity contribution in [3.05, 3.63) is 52.0 Å². The molecule has 2 aromatic rings. The van der Waals surface area contributed by atoms with Crippen LogP contribution in [0, 0.1) is 11.3 Å². The van der Waals surface area contributed by atoms with E-state index in [-0.39, 0.29) is 6.42 Å². The van der Waals surface area contributed by atoms with Crippen LogP contribution in [0.4, 0.5) is 5.69 Å². The van der Waals surface area contributed by atoms with Gasteiger partial charge in [-0.15, -0.1) is 0 Å². The second-order valence-corrected chi connectivity index (χ2v) is 4.72. The van der Waals surface area contributed by atoms with Gasteiger partial charge in [0.1, 0.15) is 11.5 Å². The van der Waals surface area contributed by atoms with Crippen LogP contribution in [0.15, 0.2) is 36.4 Å². The first-order valence-corrected chi connectivity index (χ1v) is 6.24. The molecule has 0 saturated carbocycles. The van der Waals surface area contributed by atoms with Crippen LogP contribution in [0.5, 0.6) is 11.5 Å². The number of nitrogen functional groups attached to an aromatic ring is 1. The van der Waals surface area contributed by atoms with E-state index in [4.69, 9.17) is 38.9 Å². The third-order valence-electron chi connectivity index (χ3n) is 2.51. The molecule has 3 nitrogen and oxygen atoms in total. The number of halogens is 2. The molecule has 0 atom stereocenters. The first-order chi connectivity index (χ1) is 9.10. The van der Waals surface area contributed by atoms with Crippen LogP contribution in [-0.2, 0) is 6.42 Å². The van der Waals surface area contributed by atoms with Crippen molar-refractivity contribution in [2.45, 2.75) is 6.42 Å². The van der Waals surface area contributed by atoms with Gasteiger partial charge in [-0.2, -0.15) is 5.26 Å². The number of nitriles is 1. The highest BCUT2D eigenvalue weighted by molar-refractivity contribution is 6.35. The van der Waals surface area contributed by atoms with Crippen molar-refractivity contribution in [2.75, 3.05) is 5.73 Å². The number of rotatable bonds is 3. The van der Waals surface area contributed by atoms with Gasteiger partial charge in [-0.1, -0.05) is 23.2 Å². The van der Waals surface area contributed by atoms with Gasteiger partial charge in [0.25, 0.3) is 0 Å². The molecule has 5 heteroatoms. The maximum atomic E-state index is 8.72. The fraction of sp³-hybridized carbons (Fsp3) is 0.0714. The molecule has 0 unspecified atom stereocenters. The van der Waals surface area contributed by atoms with Crippen LogP contribution in [0.1, 0.15) is 5.56 Å². The second-order valence-electron chi connectivity index (χ2n) is 3.87. The van der Waals surface area contributed by atoms with E-state index in [9.17, 15) is 0 Å². The van der Waals surface area contributed by atoms with E-state index in [2.05, 4.69) is 6.07 Å². The van der Waals surface area contributed by atoms with Gasteiger partial charge >= 0.3 is 0 Å². The molecule has 0 fully saturated rings. The van der Waals surface area contributed by atoms with Crippen molar-refractivity contribution in [1.82, 2.24) is 0 Å². The Morgan fingerprint density at radius 2 is 1.95 bits per heavy atom. The Bertz CT molecular complexity index is 650. The third-order valence-corrected chi connectivity index (χ3v) is 3.04. The zero-order valence-corrected chi connectivity index (χ0v) is 11.4. The zero-order chi connectivity index (χ0) is 13.8. The van der Waals surface area contributed by atoms with E-state index in [1.165, 1.54) is 0 Å². The quantitative estimate of drug-likeness (QED) is 0.851. The molecule has 0 saturated heterocycles. The Kier molecular flexibility index (Phi) is 4.16. The molecule has 0 aliphatic rings. The molecular formula is C14H10Cl2N2O. The molecule has 0 amide bonds. The number of hydrogen-bond donors (Lipinski definition) is 1. The maximum Gasteiger partial charge on any atom is 0.146 e. The van der Waals surface area contributed by atoms with Crippen LogP contribution < -0.4 is 10.5 Å². The van der Waals surface area contributed by atoms with Crippen LogP contribution in [0.3, 0.4) is 0 Å². The standard InChI is InChI=1S/C14H10Cl2N2O/c15-10-1-4-14(12(16)8-10)19-11-2-3-13(18)9(7-11)5-6-17/h1-4,7-8H,5,18H2. The monoisotopic (exact) mass is 292 g/mol. The molecule has 2 N–H and O–H groups in total. The lowest BCUT2D eigenvalue weighted by molar-refractivity contribution is 0.482. The summed E-state index contributed by atoms with van der Waals surface area (Å²) in [4.78, 5) is 0. The Labute approximate surface area is 121 Å². The molecule has 19 heavy (non-hydrogen) atoms. The summed E-state index contributed by atoms with van der Waals surface area (Å²) in [7, 11) is 0. The smallest absolute Gasteiger partial charge is 0.146 e. The summed E-state index contributed by atoms with van der Waals surface area (Å²) >= 11 is 11.8. The molecule has 0 heterocycles. The summed E-state index contributed by atoms with van der Waals surface area (Å²) in [6, 6.07) is 12.2. The summed E-state index contributed by atoms with van der Waals surface area (Å²) in [5, 5.41) is 9.68. The van der Waals surface area contributed by atoms with Gasteiger partial charge < -0.3 is 10.5 Å². The summed E-state index contributed by atoms with van der Waals surface area (Å²) in [5.41, 5.74) is 7.06. The van der Waals surface area contributed by atoms with Gasteiger partial charge in [-0.3, -0.25) is 0 Å². The zero-order valence-electron chi connectivity index (χ0n) is 9.86. The highest BCUT2D eigenvalue weighted by Crippen LogP contribution is 2.32. The number of anilines is 1. The van der Waals surface area contributed by atoms with Crippen molar-refractivity contribution < 1.29 is 4.74 Å². The number of benzene rings is 2. The van der Waals surface area contributed by atoms with Gasteiger partial charge in [-0.05, 0) is 42.0 Å². The largest absolute Gasteiger partial charge is 0.456 e. The van der Waals surface area contributed by atoms with Crippen molar-refractivity contribution >= 4 is 28.9 Å². The predicted octanol–water partition coefficient (Wildman–Crippen LogP) is 4.43. The summed E-state index contributed by atoms with van der Waals surface area (Å²) < 4.78 is 5.65. The molecule has 0 spiro atoms. The van der Waals surface area contributed by atoms with E-state index >= 15 is 0 Å². The maximum absolute atomic E-state index is 8.72. The molecule has 0 aromatic heterocycles. The van der Waals surface area contributed by atoms with Gasteiger partial charge in [0.2, 0.25) is 0 Å². The third kappa shape index (κ3) is 3.31. The molecule has 2 aromatic carbocycles. The lowest BCUT2D eigenvalue weighted by atomic mass is 10.1. The van der Waals surface area contributed by atoms with Crippen LogP contribution in [0.25, 0.3) is 0 Å². The SMILES string of the molecule is N#CCc1cc(Oc2ccc(Cl)cc2Cl)ccc1N. The van der Waals surface area contributed by atoms with E-state index < -0.39 is 0 Å². The highest BCUT2D eigenvalue weighted by Gasteiger charge is 2.06. The average Bonchev–Trinajstić information content (AvgIpc) is 2.37. The number of nitrogens with zero attached hydrogens (tertiary/aromatic N) is 1. The minimum atomic E-state index is 0.234. The highest BCUT2D eigenvalue weighted by atomic mass is 35.5. The minimum Gasteiger partial charge on any atom is -0.456 e. The first-order valence-electron chi connectivity index (χ1n) is 5.48. The molecule has 0 bridgehead atoms. The molecular weight excluding hydrogens is 283 g/mol. The van der Waals surface area contributed by atoms with Crippen LogP contribution in [-0.4, -0.2) is 0 Å². The second kappa shape index (κ2) is 5.83. The molecule has 0 aliphatic carbocycles. The number of nitrogens with two attached hydrogens (primary N) is 1.